The zero-order chi connectivity index (χ0) is 20.5. The quantitative estimate of drug-likeness (QED) is 0.829. The van der Waals surface area contributed by atoms with Gasteiger partial charge in [0, 0.05) is 32.9 Å². The largest absolute Gasteiger partial charge is 0.371 e. The predicted octanol–water partition coefficient (Wildman–Crippen LogP) is 3.24. The number of nitrogens with zero attached hydrogens (tertiary/aromatic N) is 2. The smallest absolute Gasteiger partial charge is 0.257 e. The fraction of sp³-hybridized carbons (Fsp3) is 0.350. The number of amides is 1. The molecule has 1 saturated heterocycles. The van der Waals surface area contributed by atoms with Crippen LogP contribution >= 0.6 is 0 Å². The van der Waals surface area contributed by atoms with Gasteiger partial charge in [-0.2, -0.15) is 0 Å². The molecular weight excluding hydrogens is 381 g/mol. The third-order valence-corrected chi connectivity index (χ3v) is 6.62. The minimum absolute atomic E-state index is 0.0231. The molecule has 0 atom stereocenters. The molecule has 1 aliphatic rings. The molecule has 2 aromatic carbocycles. The van der Waals surface area contributed by atoms with Crippen LogP contribution in [0.1, 0.15) is 28.8 Å². The first kappa shape index (κ1) is 20.3. The topological polar surface area (TPSA) is 69.7 Å². The van der Waals surface area contributed by atoms with E-state index in [-0.39, 0.29) is 16.1 Å². The molecule has 3 rings (SSSR count). The van der Waals surface area contributed by atoms with Gasteiger partial charge in [0.25, 0.3) is 5.91 Å². The Kier molecular flexibility index (Phi) is 5.71. The Hall–Kier alpha value is -2.45. The van der Waals surface area contributed by atoms with Gasteiger partial charge in [0.2, 0.25) is 10.0 Å². The predicted molar refractivity (Wildman–Crippen MR) is 108 cm³/mol. The monoisotopic (exact) mass is 405 g/mol. The summed E-state index contributed by atoms with van der Waals surface area (Å²) in [6.45, 7) is 3.34. The van der Waals surface area contributed by atoms with E-state index in [0.29, 0.717) is 5.69 Å². The summed E-state index contributed by atoms with van der Waals surface area (Å²) in [6.07, 6.45) is 2.01. The normalized spacial score (nSPS) is 14.5. The highest BCUT2D eigenvalue weighted by atomic mass is 32.2. The van der Waals surface area contributed by atoms with Gasteiger partial charge in [0.05, 0.1) is 16.1 Å². The number of anilines is 2. The third-order valence-electron chi connectivity index (χ3n) is 4.81. The second-order valence-corrected chi connectivity index (χ2v) is 9.25. The lowest BCUT2D eigenvalue weighted by Crippen LogP contribution is -2.25. The zero-order valence-electron chi connectivity index (χ0n) is 16.2. The number of halogens is 1. The van der Waals surface area contributed by atoms with E-state index in [4.69, 9.17) is 0 Å². The van der Waals surface area contributed by atoms with Crippen molar-refractivity contribution < 1.29 is 17.6 Å². The van der Waals surface area contributed by atoms with E-state index in [1.54, 1.807) is 19.1 Å². The number of benzene rings is 2. The molecule has 6 nitrogen and oxygen atoms in total. The van der Waals surface area contributed by atoms with E-state index in [0.717, 1.165) is 35.8 Å². The van der Waals surface area contributed by atoms with E-state index in [2.05, 4.69) is 5.32 Å². The number of carbonyl (C=O) groups excluding carboxylic acids is 1. The van der Waals surface area contributed by atoms with Gasteiger partial charge < -0.3 is 10.2 Å². The summed E-state index contributed by atoms with van der Waals surface area (Å²) in [7, 11) is -0.828. The average Bonchev–Trinajstić information content (AvgIpc) is 3.17. The minimum atomic E-state index is -3.70. The molecule has 2 aromatic rings. The molecule has 0 aromatic heterocycles. The lowest BCUT2D eigenvalue weighted by atomic mass is 10.1. The molecule has 0 aliphatic carbocycles. The summed E-state index contributed by atoms with van der Waals surface area (Å²) in [5.74, 6) is -1.08. The van der Waals surface area contributed by atoms with Gasteiger partial charge in [-0.05, 0) is 55.7 Å². The highest BCUT2D eigenvalue weighted by molar-refractivity contribution is 7.89. The standard InChI is InChI=1S/C20H24FN3O3S/c1-14-6-8-18(17(21)12-14)22-20(25)16-13-15(28(26,27)23(2)3)7-9-19(16)24-10-4-5-11-24/h6-9,12-13H,4-5,10-11H2,1-3H3,(H,22,25). The maximum Gasteiger partial charge on any atom is 0.257 e. The van der Waals surface area contributed by atoms with Crippen molar-refractivity contribution in [2.24, 2.45) is 0 Å². The summed E-state index contributed by atoms with van der Waals surface area (Å²) >= 11 is 0. The number of nitrogens with one attached hydrogen (secondary N) is 1. The van der Waals surface area contributed by atoms with E-state index < -0.39 is 21.7 Å². The summed E-state index contributed by atoms with van der Waals surface area (Å²) < 4.78 is 40.3. The summed E-state index contributed by atoms with van der Waals surface area (Å²) in [5, 5.41) is 2.58. The van der Waals surface area contributed by atoms with Crippen molar-refractivity contribution in [3.63, 3.8) is 0 Å². The molecule has 1 N–H and O–H groups in total. The van der Waals surface area contributed by atoms with E-state index >= 15 is 0 Å². The molecule has 28 heavy (non-hydrogen) atoms. The summed E-state index contributed by atoms with van der Waals surface area (Å²) in [6, 6.07) is 9.06. The second kappa shape index (κ2) is 7.89. The van der Waals surface area contributed by atoms with Gasteiger partial charge >= 0.3 is 0 Å². The Morgan fingerprint density at radius 3 is 2.39 bits per heavy atom. The van der Waals surface area contributed by atoms with Crippen LogP contribution in [0.3, 0.4) is 0 Å². The van der Waals surface area contributed by atoms with Crippen molar-refractivity contribution in [1.82, 2.24) is 4.31 Å². The van der Waals surface area contributed by atoms with Gasteiger partial charge in [-0.25, -0.2) is 17.1 Å². The van der Waals surface area contributed by atoms with Gasteiger partial charge in [0.15, 0.2) is 0 Å². The van der Waals surface area contributed by atoms with Gasteiger partial charge in [-0.15, -0.1) is 0 Å². The Morgan fingerprint density at radius 2 is 1.79 bits per heavy atom. The van der Waals surface area contributed by atoms with Crippen molar-refractivity contribution in [3.8, 4) is 0 Å². The molecule has 0 radical (unpaired) electrons. The number of sulfonamides is 1. The molecule has 0 spiro atoms. The summed E-state index contributed by atoms with van der Waals surface area (Å²) in [5.41, 5.74) is 1.67. The number of aryl methyl sites for hydroxylation is 1. The van der Waals surface area contributed by atoms with Gasteiger partial charge in [0.1, 0.15) is 5.82 Å². The Balaban J connectivity index is 2.03. The number of hydrogen-bond acceptors (Lipinski definition) is 4. The van der Waals surface area contributed by atoms with Crippen molar-refractivity contribution in [2.75, 3.05) is 37.4 Å². The molecule has 8 heteroatoms. The fourth-order valence-electron chi connectivity index (χ4n) is 3.21. The van der Waals surface area contributed by atoms with Crippen LogP contribution in [0.2, 0.25) is 0 Å². The first-order chi connectivity index (χ1) is 13.2. The maximum atomic E-state index is 14.2. The number of rotatable bonds is 5. The van der Waals surface area contributed by atoms with E-state index in [9.17, 15) is 17.6 Å². The van der Waals surface area contributed by atoms with Crippen molar-refractivity contribution in [1.29, 1.82) is 0 Å². The van der Waals surface area contributed by atoms with Gasteiger partial charge in [-0.3, -0.25) is 4.79 Å². The van der Waals surface area contributed by atoms with E-state index in [1.807, 2.05) is 4.90 Å². The minimum Gasteiger partial charge on any atom is -0.371 e. The van der Waals surface area contributed by atoms with Crippen LogP contribution in [-0.2, 0) is 10.0 Å². The second-order valence-electron chi connectivity index (χ2n) is 7.10. The Labute approximate surface area is 165 Å². The van der Waals surface area contributed by atoms with Crippen LogP contribution in [-0.4, -0.2) is 45.8 Å². The summed E-state index contributed by atoms with van der Waals surface area (Å²) in [4.78, 5) is 15.0. The molecular formula is C20H24FN3O3S. The molecule has 0 unspecified atom stereocenters. The average molecular weight is 405 g/mol. The van der Waals surface area contributed by atoms with Crippen molar-refractivity contribution >= 4 is 27.3 Å². The van der Waals surface area contributed by atoms with Crippen LogP contribution < -0.4 is 10.2 Å². The zero-order valence-corrected chi connectivity index (χ0v) is 17.0. The molecule has 1 amide bonds. The van der Waals surface area contributed by atoms with Crippen LogP contribution in [0.4, 0.5) is 15.8 Å². The van der Waals surface area contributed by atoms with Crippen molar-refractivity contribution in [3.05, 3.63) is 53.3 Å². The molecule has 1 heterocycles. The number of carbonyl (C=O) groups is 1. The highest BCUT2D eigenvalue weighted by Crippen LogP contribution is 2.29. The third kappa shape index (κ3) is 4.02. The van der Waals surface area contributed by atoms with Crippen molar-refractivity contribution in [2.45, 2.75) is 24.7 Å². The molecule has 0 bridgehead atoms. The maximum absolute atomic E-state index is 14.2. The lowest BCUT2D eigenvalue weighted by molar-refractivity contribution is 0.102. The van der Waals surface area contributed by atoms with Gasteiger partial charge in [-0.1, -0.05) is 6.07 Å². The Morgan fingerprint density at radius 1 is 1.11 bits per heavy atom. The highest BCUT2D eigenvalue weighted by Gasteiger charge is 2.25. The lowest BCUT2D eigenvalue weighted by Gasteiger charge is -2.22. The number of hydrogen-bond donors (Lipinski definition) is 1. The molecule has 1 aliphatic heterocycles. The van der Waals surface area contributed by atoms with Crippen LogP contribution in [0.25, 0.3) is 0 Å². The SMILES string of the molecule is Cc1ccc(NC(=O)c2cc(S(=O)(=O)N(C)C)ccc2N2CCCC2)c(F)c1. The first-order valence-corrected chi connectivity index (χ1v) is 10.5. The van der Waals surface area contributed by atoms with E-state index in [1.165, 1.54) is 38.4 Å². The van der Waals surface area contributed by atoms with Crippen LogP contribution in [0.5, 0.6) is 0 Å². The molecule has 0 saturated carbocycles. The fourth-order valence-corrected chi connectivity index (χ4v) is 4.14. The van der Waals surface area contributed by atoms with Crippen LogP contribution in [0.15, 0.2) is 41.3 Å². The first-order valence-electron chi connectivity index (χ1n) is 9.09. The molecule has 150 valence electrons. The van der Waals surface area contributed by atoms with Crippen LogP contribution in [0, 0.1) is 12.7 Å². The Bertz CT molecular complexity index is 1000. The molecule has 1 fully saturated rings.